The van der Waals surface area contributed by atoms with Crippen molar-refractivity contribution in [1.82, 2.24) is 19.7 Å². The molecule has 0 unspecified atom stereocenters. The number of nitrogens with zero attached hydrogens (tertiary/aromatic N) is 4. The van der Waals surface area contributed by atoms with Crippen LogP contribution in [0.5, 0.6) is 5.75 Å². The van der Waals surface area contributed by atoms with Gasteiger partial charge in [0.15, 0.2) is 17.8 Å². The number of halogens is 3. The maximum absolute atomic E-state index is 13.8. The maximum atomic E-state index is 13.8. The molecule has 0 saturated carbocycles. The molecule has 7 nitrogen and oxygen atoms in total. The van der Waals surface area contributed by atoms with E-state index in [4.69, 9.17) is 4.74 Å². The van der Waals surface area contributed by atoms with Crippen molar-refractivity contribution in [2.24, 2.45) is 0 Å². The lowest BCUT2D eigenvalue weighted by Gasteiger charge is -2.32. The Morgan fingerprint density at radius 2 is 1.82 bits per heavy atom. The van der Waals surface area contributed by atoms with Crippen LogP contribution in [-0.4, -0.2) is 42.5 Å². The highest BCUT2D eigenvalue weighted by molar-refractivity contribution is 5.68. The van der Waals surface area contributed by atoms with Crippen LogP contribution in [0, 0.1) is 6.92 Å². The van der Waals surface area contributed by atoms with Gasteiger partial charge in [-0.2, -0.15) is 18.3 Å². The van der Waals surface area contributed by atoms with Gasteiger partial charge in [0.25, 0.3) is 0 Å². The smallest absolute Gasteiger partial charge is 0.434 e. The first-order valence-corrected chi connectivity index (χ1v) is 13.1. The Labute approximate surface area is 230 Å². The van der Waals surface area contributed by atoms with Gasteiger partial charge >= 0.3 is 6.18 Å². The van der Waals surface area contributed by atoms with Crippen LogP contribution in [0.3, 0.4) is 0 Å². The predicted molar refractivity (Wildman–Crippen MR) is 144 cm³/mol. The molecule has 5 rings (SSSR count). The number of pyridine rings is 1. The molecule has 2 aromatic heterocycles. The lowest BCUT2D eigenvalue weighted by Crippen LogP contribution is -2.35. The summed E-state index contributed by atoms with van der Waals surface area (Å²) in [5, 5.41) is 22.6. The van der Waals surface area contributed by atoms with Crippen molar-refractivity contribution < 1.29 is 28.1 Å². The van der Waals surface area contributed by atoms with Crippen molar-refractivity contribution in [1.29, 1.82) is 0 Å². The van der Waals surface area contributed by atoms with E-state index in [9.17, 15) is 23.4 Å². The quantitative estimate of drug-likeness (QED) is 0.291. The van der Waals surface area contributed by atoms with E-state index < -0.39 is 23.7 Å². The molecule has 0 saturated heterocycles. The van der Waals surface area contributed by atoms with Gasteiger partial charge in [-0.05, 0) is 68.1 Å². The number of alkyl halides is 3. The molecule has 0 radical (unpaired) electrons. The van der Waals surface area contributed by atoms with Gasteiger partial charge in [-0.15, -0.1) is 0 Å². The molecule has 1 aliphatic heterocycles. The van der Waals surface area contributed by atoms with Crippen molar-refractivity contribution in [3.05, 3.63) is 94.3 Å². The summed E-state index contributed by atoms with van der Waals surface area (Å²) in [5.41, 5.74) is 3.59. The van der Waals surface area contributed by atoms with Crippen LogP contribution in [0.2, 0.25) is 0 Å². The molecule has 0 fully saturated rings. The molecule has 10 heteroatoms. The third-order valence-corrected chi connectivity index (χ3v) is 7.14. The zero-order chi connectivity index (χ0) is 28.6. The lowest BCUT2D eigenvalue weighted by atomic mass is 9.96. The summed E-state index contributed by atoms with van der Waals surface area (Å²) in [5.74, 6) is 0.427. The Morgan fingerprint density at radius 1 is 1.02 bits per heavy atom. The van der Waals surface area contributed by atoms with Crippen molar-refractivity contribution in [2.75, 3.05) is 6.54 Å². The van der Waals surface area contributed by atoms with Gasteiger partial charge in [-0.25, -0.2) is 9.67 Å². The normalized spacial score (nSPS) is 14.2. The molecule has 3 heterocycles. The highest BCUT2D eigenvalue weighted by Gasteiger charge is 2.40. The van der Waals surface area contributed by atoms with E-state index in [0.717, 1.165) is 36.8 Å². The van der Waals surface area contributed by atoms with Crippen LogP contribution < -0.4 is 4.74 Å². The standard InChI is InChI=1S/C30H31F3N4O3/c1-18(2)36-12-11-21-14-20(8-9-22(21)16-36)17-40-26-10-7-19(3)13-23(26)25-5-4-6-27(35-25)37-28(30(31,32)33)24(15-34-37)29(38)39/h4-10,13-15,18,29,38-39H,11-12,16-17H2,1-3H3. The molecule has 40 heavy (non-hydrogen) atoms. The fourth-order valence-electron chi connectivity index (χ4n) is 4.99. The zero-order valence-electron chi connectivity index (χ0n) is 22.5. The number of aliphatic hydroxyl groups is 2. The lowest BCUT2D eigenvalue weighted by molar-refractivity contribution is -0.147. The van der Waals surface area contributed by atoms with Gasteiger partial charge in [-0.3, -0.25) is 4.90 Å². The SMILES string of the molecule is Cc1ccc(OCc2ccc3c(c2)CCN(C(C)C)C3)c(-c2cccc(-n3ncc(C(O)O)c3C(F)(F)F)n2)c1. The first-order valence-electron chi connectivity index (χ1n) is 13.1. The largest absolute Gasteiger partial charge is 0.488 e. The van der Waals surface area contributed by atoms with E-state index in [1.807, 2.05) is 25.1 Å². The maximum Gasteiger partial charge on any atom is 0.434 e. The topological polar surface area (TPSA) is 83.6 Å². The minimum Gasteiger partial charge on any atom is -0.488 e. The minimum absolute atomic E-state index is 0.116. The van der Waals surface area contributed by atoms with E-state index in [-0.39, 0.29) is 5.82 Å². The average molecular weight is 553 g/mol. The molecule has 0 bridgehead atoms. The molecular formula is C30H31F3N4O3. The summed E-state index contributed by atoms with van der Waals surface area (Å²) in [6.07, 6.45) is -5.45. The predicted octanol–water partition coefficient (Wildman–Crippen LogP) is 5.59. The zero-order valence-corrected chi connectivity index (χ0v) is 22.5. The van der Waals surface area contributed by atoms with Gasteiger partial charge < -0.3 is 14.9 Å². The Balaban J connectivity index is 1.43. The highest BCUT2D eigenvalue weighted by atomic mass is 19.4. The number of rotatable bonds is 7. The first-order chi connectivity index (χ1) is 19.0. The number of aryl methyl sites for hydroxylation is 1. The molecule has 1 aliphatic rings. The molecule has 0 atom stereocenters. The van der Waals surface area contributed by atoms with Crippen molar-refractivity contribution >= 4 is 0 Å². The Morgan fingerprint density at radius 3 is 2.55 bits per heavy atom. The highest BCUT2D eigenvalue weighted by Crippen LogP contribution is 2.36. The fourth-order valence-corrected chi connectivity index (χ4v) is 4.99. The second kappa shape index (κ2) is 11.0. The van der Waals surface area contributed by atoms with Crippen LogP contribution in [0.15, 0.2) is 60.8 Å². The Hall–Kier alpha value is -3.73. The number of ether oxygens (including phenoxy) is 1. The molecule has 0 aliphatic carbocycles. The van der Waals surface area contributed by atoms with Gasteiger partial charge in [-0.1, -0.05) is 35.9 Å². The monoisotopic (exact) mass is 552 g/mol. The number of benzene rings is 2. The number of hydrogen-bond acceptors (Lipinski definition) is 6. The summed E-state index contributed by atoms with van der Waals surface area (Å²) in [7, 11) is 0. The van der Waals surface area contributed by atoms with E-state index in [0.29, 0.717) is 34.3 Å². The van der Waals surface area contributed by atoms with E-state index >= 15 is 0 Å². The average Bonchev–Trinajstić information content (AvgIpc) is 3.39. The van der Waals surface area contributed by atoms with Gasteiger partial charge in [0.05, 0.1) is 17.5 Å². The molecule has 210 valence electrons. The van der Waals surface area contributed by atoms with Gasteiger partial charge in [0.2, 0.25) is 0 Å². The molecule has 2 N–H and O–H groups in total. The minimum atomic E-state index is -4.88. The third-order valence-electron chi connectivity index (χ3n) is 7.14. The molecule has 0 amide bonds. The van der Waals surface area contributed by atoms with Crippen LogP contribution in [0.25, 0.3) is 17.1 Å². The summed E-state index contributed by atoms with van der Waals surface area (Å²) >= 11 is 0. The van der Waals surface area contributed by atoms with Gasteiger partial charge in [0, 0.05) is 24.7 Å². The number of hydrogen-bond donors (Lipinski definition) is 2. The Bertz CT molecular complexity index is 1510. The molecule has 2 aromatic carbocycles. The second-order valence-electron chi connectivity index (χ2n) is 10.3. The van der Waals surface area contributed by atoms with E-state index in [1.165, 1.54) is 17.2 Å². The second-order valence-corrected chi connectivity index (χ2v) is 10.3. The molecule has 4 aromatic rings. The number of fused-ring (bicyclic) bond motifs is 1. The summed E-state index contributed by atoms with van der Waals surface area (Å²) < 4.78 is 48.2. The van der Waals surface area contributed by atoms with Crippen LogP contribution in [0.1, 0.15) is 53.6 Å². The number of aromatic nitrogens is 3. The van der Waals surface area contributed by atoms with Crippen LogP contribution in [0.4, 0.5) is 13.2 Å². The molecule has 0 spiro atoms. The third kappa shape index (κ3) is 5.74. The van der Waals surface area contributed by atoms with Crippen molar-refractivity contribution in [3.63, 3.8) is 0 Å². The fraction of sp³-hybridized carbons (Fsp3) is 0.333. The summed E-state index contributed by atoms with van der Waals surface area (Å²) in [4.78, 5) is 6.90. The van der Waals surface area contributed by atoms with Crippen molar-refractivity contribution in [3.8, 4) is 22.8 Å². The van der Waals surface area contributed by atoms with Crippen LogP contribution >= 0.6 is 0 Å². The molecular weight excluding hydrogens is 521 g/mol. The first kappa shape index (κ1) is 27.8. The van der Waals surface area contributed by atoms with E-state index in [2.05, 4.69) is 47.0 Å². The van der Waals surface area contributed by atoms with Crippen LogP contribution in [-0.2, 0) is 25.7 Å². The van der Waals surface area contributed by atoms with Crippen molar-refractivity contribution in [2.45, 2.75) is 58.9 Å². The Kier molecular flexibility index (Phi) is 7.67. The number of aliphatic hydroxyl groups excluding tert-OH is 1. The van der Waals surface area contributed by atoms with E-state index in [1.54, 1.807) is 12.1 Å². The van der Waals surface area contributed by atoms with Gasteiger partial charge in [0.1, 0.15) is 12.4 Å². The summed E-state index contributed by atoms with van der Waals surface area (Å²) in [6, 6.07) is 17.1. The summed E-state index contributed by atoms with van der Waals surface area (Å²) in [6.45, 7) is 8.60.